The molecule has 28 heavy (non-hydrogen) atoms. The number of benzene rings is 3. The molecule has 136 valence electrons. The van der Waals surface area contributed by atoms with Crippen LogP contribution in [0.4, 0.5) is 5.69 Å². The summed E-state index contributed by atoms with van der Waals surface area (Å²) in [4.78, 5) is 7.79. The fourth-order valence-electron chi connectivity index (χ4n) is 3.42. The summed E-state index contributed by atoms with van der Waals surface area (Å²) in [5.74, 6) is 0. The first-order valence-electron chi connectivity index (χ1n) is 9.33. The lowest BCUT2D eigenvalue weighted by molar-refractivity contribution is 0.753. The second kappa shape index (κ2) is 7.94. The molecular weight excluding hydrogens is 342 g/mol. The lowest BCUT2D eigenvalue weighted by Gasteiger charge is -2.10. The van der Waals surface area contributed by atoms with Gasteiger partial charge in [-0.1, -0.05) is 72.8 Å². The van der Waals surface area contributed by atoms with Crippen LogP contribution in [0.3, 0.4) is 0 Å². The predicted molar refractivity (Wildman–Crippen MR) is 113 cm³/mol. The van der Waals surface area contributed by atoms with Crippen LogP contribution in [0, 0.1) is 13.5 Å². The van der Waals surface area contributed by atoms with Gasteiger partial charge in [-0.25, -0.2) is 9.83 Å². The van der Waals surface area contributed by atoms with Gasteiger partial charge in [0.15, 0.2) is 5.69 Å². The van der Waals surface area contributed by atoms with Crippen molar-refractivity contribution in [1.29, 1.82) is 0 Å². The summed E-state index contributed by atoms with van der Waals surface area (Å²) in [7, 11) is 0. The van der Waals surface area contributed by atoms with Gasteiger partial charge in [0.25, 0.3) is 0 Å². The number of nitrogens with zero attached hydrogens (tertiary/aromatic N) is 3. The quantitative estimate of drug-likeness (QED) is 0.396. The van der Waals surface area contributed by atoms with Crippen LogP contribution in [0.1, 0.15) is 22.4 Å². The van der Waals surface area contributed by atoms with Crippen molar-refractivity contribution in [3.63, 3.8) is 0 Å². The van der Waals surface area contributed by atoms with Crippen LogP contribution in [0.2, 0.25) is 0 Å². The molecule has 0 aliphatic carbocycles. The summed E-state index contributed by atoms with van der Waals surface area (Å²) >= 11 is 0. The minimum atomic E-state index is 0.672. The van der Waals surface area contributed by atoms with Crippen molar-refractivity contribution < 1.29 is 0 Å². The Bertz CT molecular complexity index is 1110. The first-order chi connectivity index (χ1) is 13.7. The molecule has 0 radical (unpaired) electrons. The highest BCUT2D eigenvalue weighted by molar-refractivity contribution is 5.67. The molecule has 0 aliphatic heterocycles. The monoisotopic (exact) mass is 363 g/mol. The molecule has 0 saturated heterocycles. The summed E-state index contributed by atoms with van der Waals surface area (Å²) in [5.41, 5.74) is 8.08. The standard InChI is InChI=1S/C25H21N3/c1-19-5-3-4-6-25(19)22-11-7-21(8-12-22)17-28-18-27-16-24(28)15-20-9-13-23(26-2)14-10-20/h3-14,16,18H,15,17H2,1H3. The molecule has 0 spiro atoms. The second-order valence-corrected chi connectivity index (χ2v) is 6.98. The number of hydrogen-bond donors (Lipinski definition) is 0. The number of rotatable bonds is 5. The van der Waals surface area contributed by atoms with Crippen LogP contribution in [-0.2, 0) is 13.0 Å². The van der Waals surface area contributed by atoms with E-state index < -0.39 is 0 Å². The third-order valence-corrected chi connectivity index (χ3v) is 5.01. The Hall–Kier alpha value is -3.64. The van der Waals surface area contributed by atoms with E-state index in [4.69, 9.17) is 6.57 Å². The largest absolute Gasteiger partial charge is 0.330 e. The molecule has 0 unspecified atom stereocenters. The van der Waals surface area contributed by atoms with Gasteiger partial charge in [0.1, 0.15) is 0 Å². The summed E-state index contributed by atoms with van der Waals surface area (Å²) in [6.07, 6.45) is 4.61. The van der Waals surface area contributed by atoms with E-state index in [0.717, 1.165) is 13.0 Å². The zero-order chi connectivity index (χ0) is 19.3. The van der Waals surface area contributed by atoms with Gasteiger partial charge >= 0.3 is 0 Å². The second-order valence-electron chi connectivity index (χ2n) is 6.98. The maximum Gasteiger partial charge on any atom is 0.187 e. The van der Waals surface area contributed by atoms with Crippen molar-refractivity contribution in [2.75, 3.05) is 0 Å². The molecule has 3 nitrogen and oxygen atoms in total. The van der Waals surface area contributed by atoms with Gasteiger partial charge in [-0.15, -0.1) is 0 Å². The molecule has 4 aromatic rings. The Morgan fingerprint density at radius 2 is 1.61 bits per heavy atom. The molecule has 1 aromatic heterocycles. The van der Waals surface area contributed by atoms with Crippen molar-refractivity contribution in [1.82, 2.24) is 9.55 Å². The Morgan fingerprint density at radius 3 is 2.32 bits per heavy atom. The summed E-state index contributed by atoms with van der Waals surface area (Å²) in [6.45, 7) is 10.0. The zero-order valence-corrected chi connectivity index (χ0v) is 15.8. The van der Waals surface area contributed by atoms with Crippen LogP contribution in [-0.4, -0.2) is 9.55 Å². The van der Waals surface area contributed by atoms with E-state index >= 15 is 0 Å². The highest BCUT2D eigenvalue weighted by Gasteiger charge is 2.06. The highest BCUT2D eigenvalue weighted by atomic mass is 15.0. The fourth-order valence-corrected chi connectivity index (χ4v) is 3.42. The average Bonchev–Trinajstić information content (AvgIpc) is 3.16. The normalized spacial score (nSPS) is 10.6. The molecule has 1 heterocycles. The molecule has 0 bridgehead atoms. The Balaban J connectivity index is 1.50. The molecular formula is C25H21N3. The third kappa shape index (κ3) is 3.87. The van der Waals surface area contributed by atoms with Gasteiger partial charge in [0, 0.05) is 24.9 Å². The van der Waals surface area contributed by atoms with Crippen LogP contribution in [0.15, 0.2) is 85.3 Å². The van der Waals surface area contributed by atoms with Gasteiger partial charge in [-0.2, -0.15) is 0 Å². The van der Waals surface area contributed by atoms with Crippen LogP contribution < -0.4 is 0 Å². The highest BCUT2D eigenvalue weighted by Crippen LogP contribution is 2.24. The SMILES string of the molecule is [C-]#[N+]c1ccc(Cc2cncn2Cc2ccc(-c3ccccc3C)cc2)cc1. The third-order valence-electron chi connectivity index (χ3n) is 5.01. The zero-order valence-electron chi connectivity index (χ0n) is 15.8. The topological polar surface area (TPSA) is 22.2 Å². The van der Waals surface area contributed by atoms with Crippen LogP contribution >= 0.6 is 0 Å². The fraction of sp³-hybridized carbons (Fsp3) is 0.120. The van der Waals surface area contributed by atoms with Gasteiger partial charge in [-0.3, -0.25) is 0 Å². The van der Waals surface area contributed by atoms with Gasteiger partial charge in [0.05, 0.1) is 12.9 Å². The molecule has 0 atom stereocenters. The Kier molecular flexibility index (Phi) is 5.03. The number of aromatic nitrogens is 2. The molecule has 0 aliphatic rings. The minimum Gasteiger partial charge on any atom is -0.330 e. The lowest BCUT2D eigenvalue weighted by atomic mass is 9.99. The maximum atomic E-state index is 7.06. The van der Waals surface area contributed by atoms with Crippen molar-refractivity contribution in [3.05, 3.63) is 119 Å². The Morgan fingerprint density at radius 1 is 0.893 bits per heavy atom. The minimum absolute atomic E-state index is 0.672. The number of imidazole rings is 1. The van der Waals surface area contributed by atoms with Crippen LogP contribution in [0.5, 0.6) is 0 Å². The number of hydrogen-bond acceptors (Lipinski definition) is 1. The van der Waals surface area contributed by atoms with Gasteiger partial charge in [0.2, 0.25) is 0 Å². The van der Waals surface area contributed by atoms with E-state index in [-0.39, 0.29) is 0 Å². The van der Waals surface area contributed by atoms with E-state index in [2.05, 4.69) is 69.9 Å². The number of aryl methyl sites for hydroxylation is 1. The summed E-state index contributed by atoms with van der Waals surface area (Å²) in [6, 6.07) is 25.0. The first-order valence-corrected chi connectivity index (χ1v) is 9.33. The summed E-state index contributed by atoms with van der Waals surface area (Å²) < 4.78 is 2.19. The molecule has 0 fully saturated rings. The van der Waals surface area contributed by atoms with E-state index in [0.29, 0.717) is 5.69 Å². The van der Waals surface area contributed by atoms with E-state index in [1.165, 1.54) is 33.5 Å². The van der Waals surface area contributed by atoms with E-state index in [9.17, 15) is 0 Å². The molecule has 3 aromatic carbocycles. The van der Waals surface area contributed by atoms with Crippen molar-refractivity contribution in [3.8, 4) is 11.1 Å². The maximum absolute atomic E-state index is 7.06. The first kappa shape index (κ1) is 17.8. The van der Waals surface area contributed by atoms with Crippen molar-refractivity contribution >= 4 is 5.69 Å². The molecule has 3 heteroatoms. The molecule has 0 N–H and O–H groups in total. The van der Waals surface area contributed by atoms with Crippen LogP contribution in [0.25, 0.3) is 16.0 Å². The Labute approximate surface area is 165 Å². The molecule has 0 amide bonds. The molecule has 0 saturated carbocycles. The van der Waals surface area contributed by atoms with Gasteiger partial charge in [-0.05, 0) is 34.7 Å². The van der Waals surface area contributed by atoms with E-state index in [1.807, 2.05) is 36.8 Å². The lowest BCUT2D eigenvalue weighted by Crippen LogP contribution is -2.04. The van der Waals surface area contributed by atoms with Crippen molar-refractivity contribution in [2.45, 2.75) is 19.9 Å². The summed E-state index contributed by atoms with van der Waals surface area (Å²) in [5, 5.41) is 0. The molecule has 4 rings (SSSR count). The van der Waals surface area contributed by atoms with E-state index in [1.54, 1.807) is 0 Å². The predicted octanol–water partition coefficient (Wildman–Crippen LogP) is 6.05. The average molecular weight is 363 g/mol. The van der Waals surface area contributed by atoms with Crippen molar-refractivity contribution in [2.24, 2.45) is 0 Å². The smallest absolute Gasteiger partial charge is 0.187 e. The van der Waals surface area contributed by atoms with Gasteiger partial charge < -0.3 is 4.57 Å².